The van der Waals surface area contributed by atoms with Crippen LogP contribution in [0.15, 0.2) is 22.6 Å². The second-order valence-electron chi connectivity index (χ2n) is 5.30. The van der Waals surface area contributed by atoms with Crippen molar-refractivity contribution in [1.29, 1.82) is 0 Å². The van der Waals surface area contributed by atoms with E-state index in [-0.39, 0.29) is 11.9 Å². The number of rotatable bonds is 2. The van der Waals surface area contributed by atoms with Crippen molar-refractivity contribution in [3.8, 4) is 5.75 Å². The molecule has 1 aromatic rings. The minimum Gasteiger partial charge on any atom is -0.489 e. The fraction of sp³-hybridized carbons (Fsp3) is 0.462. The van der Waals surface area contributed by atoms with E-state index in [2.05, 4.69) is 16.0 Å². The molecule has 0 saturated heterocycles. The molecule has 1 aliphatic carbocycles. The van der Waals surface area contributed by atoms with Crippen molar-refractivity contribution in [2.75, 3.05) is 4.72 Å². The fourth-order valence-electron chi connectivity index (χ4n) is 2.77. The third kappa shape index (κ3) is 2.33. The lowest BCUT2D eigenvalue weighted by Crippen LogP contribution is -2.28. The first kappa shape index (κ1) is 13.2. The molecule has 1 aliphatic heterocycles. The number of amidine groups is 1. The van der Waals surface area contributed by atoms with Crippen LogP contribution >= 0.6 is 0 Å². The summed E-state index contributed by atoms with van der Waals surface area (Å²) in [5.74, 6) is 1.05. The first-order chi connectivity index (χ1) is 9.46. The summed E-state index contributed by atoms with van der Waals surface area (Å²) in [5.41, 5.74) is 6.73. The van der Waals surface area contributed by atoms with Crippen LogP contribution in [0.5, 0.6) is 5.75 Å². The summed E-state index contributed by atoms with van der Waals surface area (Å²) in [5, 5.41) is 0. The van der Waals surface area contributed by atoms with Gasteiger partial charge in [-0.3, -0.25) is 4.72 Å². The molecule has 1 fully saturated rings. The van der Waals surface area contributed by atoms with E-state index in [4.69, 9.17) is 10.5 Å². The van der Waals surface area contributed by atoms with Gasteiger partial charge in [0.25, 0.3) is 0 Å². The molecule has 6 nitrogen and oxygen atoms in total. The lowest BCUT2D eigenvalue weighted by molar-refractivity contribution is 0.167. The average Bonchev–Trinajstić information content (AvgIpc) is 2.73. The van der Waals surface area contributed by atoms with Gasteiger partial charge in [-0.2, -0.15) is 8.42 Å². The Morgan fingerprint density at radius 3 is 2.90 bits per heavy atom. The molecule has 0 bridgehead atoms. The third-order valence-electron chi connectivity index (χ3n) is 3.80. The van der Waals surface area contributed by atoms with E-state index >= 15 is 0 Å². The van der Waals surface area contributed by atoms with E-state index in [0.29, 0.717) is 22.9 Å². The van der Waals surface area contributed by atoms with Gasteiger partial charge >= 0.3 is 10.2 Å². The third-order valence-corrected chi connectivity index (χ3v) is 4.72. The van der Waals surface area contributed by atoms with Crippen molar-refractivity contribution in [1.82, 2.24) is 0 Å². The second kappa shape index (κ2) is 4.66. The molecule has 1 aromatic carbocycles. The highest BCUT2D eigenvalue weighted by molar-refractivity contribution is 7.91. The molecule has 2 aliphatic rings. The fourth-order valence-corrected chi connectivity index (χ4v) is 3.61. The number of anilines is 1. The highest BCUT2D eigenvalue weighted by Crippen LogP contribution is 2.35. The number of nitrogens with zero attached hydrogens (tertiary/aromatic N) is 1. The van der Waals surface area contributed by atoms with Crippen LogP contribution in [-0.4, -0.2) is 20.4 Å². The smallest absolute Gasteiger partial charge is 0.344 e. The number of hydrogen-bond acceptors (Lipinski definition) is 4. The summed E-state index contributed by atoms with van der Waals surface area (Å²) in [6.45, 7) is 2.16. The molecule has 2 atom stereocenters. The lowest BCUT2D eigenvalue weighted by atomic mass is 10.1. The Labute approximate surface area is 118 Å². The molecule has 3 N–H and O–H groups in total. The molecular weight excluding hydrogens is 278 g/mol. The highest BCUT2D eigenvalue weighted by atomic mass is 32.2. The van der Waals surface area contributed by atoms with Gasteiger partial charge in [0.15, 0.2) is 5.84 Å². The predicted octanol–water partition coefficient (Wildman–Crippen LogP) is 1.63. The summed E-state index contributed by atoms with van der Waals surface area (Å²) >= 11 is 0. The van der Waals surface area contributed by atoms with Crippen LogP contribution < -0.4 is 15.2 Å². The van der Waals surface area contributed by atoms with Crippen molar-refractivity contribution < 1.29 is 13.2 Å². The van der Waals surface area contributed by atoms with Gasteiger partial charge in [0.1, 0.15) is 11.9 Å². The Morgan fingerprint density at radius 2 is 2.20 bits per heavy atom. The monoisotopic (exact) mass is 295 g/mol. The van der Waals surface area contributed by atoms with Gasteiger partial charge in [0.2, 0.25) is 0 Å². The Hall–Kier alpha value is -1.76. The van der Waals surface area contributed by atoms with Crippen LogP contribution in [0.4, 0.5) is 5.69 Å². The molecular formula is C13H17N3O3S. The molecule has 0 spiro atoms. The van der Waals surface area contributed by atoms with Crippen LogP contribution in [-0.2, 0) is 10.2 Å². The SMILES string of the molecule is CC1CCCC1Oc1cccc2c1C(N)=NS(=O)(=O)N2. The maximum Gasteiger partial charge on any atom is 0.344 e. The zero-order valence-electron chi connectivity index (χ0n) is 11.2. The van der Waals surface area contributed by atoms with E-state index in [1.807, 2.05) is 0 Å². The normalized spacial score (nSPS) is 27.4. The molecule has 7 heteroatoms. The molecule has 1 saturated carbocycles. The van der Waals surface area contributed by atoms with E-state index in [1.54, 1.807) is 18.2 Å². The number of fused-ring (bicyclic) bond motifs is 1. The van der Waals surface area contributed by atoms with Crippen molar-refractivity contribution in [3.05, 3.63) is 23.8 Å². The first-order valence-electron chi connectivity index (χ1n) is 6.64. The Bertz CT molecular complexity index is 669. The zero-order valence-corrected chi connectivity index (χ0v) is 12.0. The number of nitrogens with one attached hydrogen (secondary N) is 1. The van der Waals surface area contributed by atoms with Gasteiger partial charge in [0, 0.05) is 0 Å². The van der Waals surface area contributed by atoms with Crippen molar-refractivity contribution in [2.45, 2.75) is 32.3 Å². The highest BCUT2D eigenvalue weighted by Gasteiger charge is 2.29. The number of benzene rings is 1. The maximum absolute atomic E-state index is 11.5. The first-order valence-corrected chi connectivity index (χ1v) is 8.08. The minimum absolute atomic E-state index is 0.0278. The summed E-state index contributed by atoms with van der Waals surface area (Å²) in [7, 11) is -3.74. The number of hydrogen-bond donors (Lipinski definition) is 2. The van der Waals surface area contributed by atoms with E-state index in [0.717, 1.165) is 19.3 Å². The van der Waals surface area contributed by atoms with Gasteiger partial charge in [0.05, 0.1) is 11.3 Å². The molecule has 1 heterocycles. The van der Waals surface area contributed by atoms with Crippen LogP contribution in [0.3, 0.4) is 0 Å². The minimum atomic E-state index is -3.74. The molecule has 0 radical (unpaired) electrons. The summed E-state index contributed by atoms with van der Waals surface area (Å²) in [6, 6.07) is 5.19. The van der Waals surface area contributed by atoms with Crippen molar-refractivity contribution >= 4 is 21.7 Å². The van der Waals surface area contributed by atoms with Gasteiger partial charge in [-0.25, -0.2) is 0 Å². The topological polar surface area (TPSA) is 93.8 Å². The summed E-state index contributed by atoms with van der Waals surface area (Å²) < 4.78 is 34.9. The number of nitrogens with two attached hydrogens (primary N) is 1. The largest absolute Gasteiger partial charge is 0.489 e. The standard InChI is InChI=1S/C13H17N3O3S/c1-8-4-2-6-10(8)19-11-7-3-5-9-12(11)13(14)16-20(17,18)15-9/h3,5,7-8,10,15H,2,4,6H2,1H3,(H2,14,16). The van der Waals surface area contributed by atoms with Crippen LogP contribution in [0.2, 0.25) is 0 Å². The van der Waals surface area contributed by atoms with Gasteiger partial charge < -0.3 is 10.5 Å². The van der Waals surface area contributed by atoms with Crippen LogP contribution in [0.1, 0.15) is 31.7 Å². The van der Waals surface area contributed by atoms with E-state index < -0.39 is 10.2 Å². The molecule has 2 unspecified atom stereocenters. The molecule has 108 valence electrons. The molecule has 0 amide bonds. The molecule has 3 rings (SSSR count). The average molecular weight is 295 g/mol. The Kier molecular flexibility index (Phi) is 3.08. The van der Waals surface area contributed by atoms with Crippen molar-refractivity contribution in [2.24, 2.45) is 16.0 Å². The Morgan fingerprint density at radius 1 is 1.40 bits per heavy atom. The van der Waals surface area contributed by atoms with E-state index in [9.17, 15) is 8.42 Å². The predicted molar refractivity (Wildman–Crippen MR) is 77.1 cm³/mol. The zero-order chi connectivity index (χ0) is 14.3. The Balaban J connectivity index is 1.98. The molecule has 20 heavy (non-hydrogen) atoms. The summed E-state index contributed by atoms with van der Waals surface area (Å²) in [6.07, 6.45) is 3.45. The van der Waals surface area contributed by atoms with E-state index in [1.165, 1.54) is 0 Å². The second-order valence-corrected chi connectivity index (χ2v) is 6.63. The maximum atomic E-state index is 11.5. The quantitative estimate of drug-likeness (QED) is 0.867. The molecule has 0 aromatic heterocycles. The van der Waals surface area contributed by atoms with Gasteiger partial charge in [-0.05, 0) is 37.3 Å². The van der Waals surface area contributed by atoms with Gasteiger partial charge in [-0.1, -0.05) is 13.0 Å². The van der Waals surface area contributed by atoms with Crippen LogP contribution in [0.25, 0.3) is 0 Å². The van der Waals surface area contributed by atoms with Crippen LogP contribution in [0, 0.1) is 5.92 Å². The lowest BCUT2D eigenvalue weighted by Gasteiger charge is -2.23. The van der Waals surface area contributed by atoms with Gasteiger partial charge in [-0.15, -0.1) is 4.40 Å². The summed E-state index contributed by atoms with van der Waals surface area (Å²) in [4.78, 5) is 0. The van der Waals surface area contributed by atoms with Crippen molar-refractivity contribution in [3.63, 3.8) is 0 Å². The number of ether oxygens (including phenoxy) is 1.